The molecule has 1 N–H and O–H groups in total. The lowest BCUT2D eigenvalue weighted by Gasteiger charge is -2.35. The number of hydrogen-bond donors (Lipinski definition) is 1. The van der Waals surface area contributed by atoms with Crippen LogP contribution in [-0.2, 0) is 0 Å². The molecule has 3 aromatic rings. The summed E-state index contributed by atoms with van der Waals surface area (Å²) >= 11 is 0. The van der Waals surface area contributed by atoms with Crippen LogP contribution in [0.4, 0.5) is 4.39 Å². The van der Waals surface area contributed by atoms with Crippen molar-refractivity contribution in [3.8, 4) is 17.5 Å². The minimum absolute atomic E-state index is 0.0580. The minimum Gasteiger partial charge on any atom is -0.336 e. The van der Waals surface area contributed by atoms with E-state index in [0.29, 0.717) is 35.8 Å². The molecule has 1 aliphatic heterocycles. The smallest absolute Gasteiger partial charge is 0.254 e. The predicted molar refractivity (Wildman–Crippen MR) is 127 cm³/mol. The van der Waals surface area contributed by atoms with Gasteiger partial charge in [0.05, 0.1) is 18.2 Å². The molecular formula is C27H28FN5O. The fourth-order valence-corrected chi connectivity index (χ4v) is 5.11. The number of H-pyrrole nitrogens is 1. The number of amides is 1. The van der Waals surface area contributed by atoms with E-state index in [-0.39, 0.29) is 18.4 Å². The van der Waals surface area contributed by atoms with Gasteiger partial charge in [-0.3, -0.25) is 9.89 Å². The molecule has 1 aliphatic carbocycles. The third kappa shape index (κ3) is 4.09. The van der Waals surface area contributed by atoms with Crippen molar-refractivity contribution in [3.05, 3.63) is 70.0 Å². The van der Waals surface area contributed by atoms with Gasteiger partial charge in [-0.25, -0.2) is 9.37 Å². The van der Waals surface area contributed by atoms with Gasteiger partial charge < -0.3 is 4.90 Å². The summed E-state index contributed by atoms with van der Waals surface area (Å²) in [6.07, 6.45) is 2.87. The number of alkyl halides is 1. The maximum atomic E-state index is 15.2. The Morgan fingerprint density at radius 2 is 1.94 bits per heavy atom. The van der Waals surface area contributed by atoms with Crippen LogP contribution < -0.4 is 0 Å². The fourth-order valence-electron chi connectivity index (χ4n) is 5.11. The Hall–Kier alpha value is -3.53. The number of rotatable bonds is 4. The third-order valence-electron chi connectivity index (χ3n) is 7.31. The zero-order valence-electron chi connectivity index (χ0n) is 19.5. The van der Waals surface area contributed by atoms with E-state index >= 15 is 4.39 Å². The number of aromatic nitrogens is 3. The summed E-state index contributed by atoms with van der Waals surface area (Å²) < 4.78 is 15.2. The molecule has 0 bridgehead atoms. The number of hydrogen-bond acceptors (Lipinski definition) is 4. The normalized spacial score (nSPS) is 20.6. The first kappa shape index (κ1) is 22.3. The van der Waals surface area contributed by atoms with E-state index in [9.17, 15) is 4.79 Å². The highest BCUT2D eigenvalue weighted by molar-refractivity contribution is 5.97. The van der Waals surface area contributed by atoms with E-state index in [4.69, 9.17) is 5.26 Å². The van der Waals surface area contributed by atoms with Crippen LogP contribution in [0.1, 0.15) is 76.0 Å². The number of aromatic amines is 1. The molecule has 174 valence electrons. The third-order valence-corrected chi connectivity index (χ3v) is 7.31. The maximum absolute atomic E-state index is 15.2. The first-order valence-electron chi connectivity index (χ1n) is 11.9. The van der Waals surface area contributed by atoms with Crippen molar-refractivity contribution in [1.29, 1.82) is 5.26 Å². The minimum atomic E-state index is -1.16. The second kappa shape index (κ2) is 9.02. The Morgan fingerprint density at radius 3 is 2.53 bits per heavy atom. The van der Waals surface area contributed by atoms with Gasteiger partial charge in [0, 0.05) is 23.6 Å². The summed E-state index contributed by atoms with van der Waals surface area (Å²) in [7, 11) is 0. The van der Waals surface area contributed by atoms with Crippen molar-refractivity contribution in [2.75, 3.05) is 13.1 Å². The van der Waals surface area contributed by atoms with E-state index in [0.717, 1.165) is 35.4 Å². The number of nitrogens with one attached hydrogen (secondary N) is 1. The van der Waals surface area contributed by atoms with Gasteiger partial charge in [-0.15, -0.1) is 0 Å². The van der Waals surface area contributed by atoms with Crippen LogP contribution in [0, 0.1) is 25.2 Å². The summed E-state index contributed by atoms with van der Waals surface area (Å²) in [6.45, 7) is 4.36. The highest BCUT2D eigenvalue weighted by Gasteiger charge is 2.34. The lowest BCUT2D eigenvalue weighted by atomic mass is 9.77. The summed E-state index contributed by atoms with van der Waals surface area (Å²) in [4.78, 5) is 19.7. The molecule has 2 aliphatic rings. The molecule has 1 aromatic heterocycles. The van der Waals surface area contributed by atoms with Crippen molar-refractivity contribution in [2.45, 2.75) is 57.5 Å². The number of nitriles is 1. The van der Waals surface area contributed by atoms with Crippen molar-refractivity contribution in [1.82, 2.24) is 20.1 Å². The maximum Gasteiger partial charge on any atom is 0.254 e. The molecule has 1 saturated carbocycles. The zero-order chi connectivity index (χ0) is 23.8. The number of carbonyl (C=O) groups is 1. The molecule has 1 amide bonds. The Morgan fingerprint density at radius 1 is 1.18 bits per heavy atom. The number of piperidine rings is 1. The SMILES string of the molecule is Cc1nc(-c2cc(C(=O)N3CCC(c4ccc(C#N)cc4)C(F)C3)c(C)cc2C2CCC2)n[nH]1. The Bertz CT molecular complexity index is 1260. The van der Waals surface area contributed by atoms with E-state index in [1.165, 1.54) is 12.0 Å². The summed E-state index contributed by atoms with van der Waals surface area (Å²) in [6, 6.07) is 13.2. The molecule has 2 atom stereocenters. The van der Waals surface area contributed by atoms with Crippen molar-refractivity contribution in [3.63, 3.8) is 0 Å². The van der Waals surface area contributed by atoms with Gasteiger partial charge in [0.2, 0.25) is 0 Å². The first-order chi connectivity index (χ1) is 16.4. The van der Waals surface area contributed by atoms with Gasteiger partial charge in [0.15, 0.2) is 5.82 Å². The molecule has 2 aromatic carbocycles. The standard InChI is InChI=1S/C27H28FN5O/c1-16-12-23(19-4-3-5-19)24(26-30-17(2)31-32-26)13-22(16)27(34)33-11-10-21(25(28)15-33)20-8-6-18(14-29)7-9-20/h6-9,12-13,19,21,25H,3-5,10-11,15H2,1-2H3,(H,30,31,32). The summed E-state index contributed by atoms with van der Waals surface area (Å²) in [5.74, 6) is 1.39. The number of benzene rings is 2. The molecule has 2 fully saturated rings. The lowest BCUT2D eigenvalue weighted by Crippen LogP contribution is -2.44. The van der Waals surface area contributed by atoms with Gasteiger partial charge in [-0.2, -0.15) is 10.4 Å². The van der Waals surface area contributed by atoms with Crippen molar-refractivity contribution >= 4 is 5.91 Å². The first-order valence-corrected chi connectivity index (χ1v) is 11.9. The monoisotopic (exact) mass is 457 g/mol. The van der Waals surface area contributed by atoms with Gasteiger partial charge in [0.25, 0.3) is 5.91 Å². The number of likely N-dealkylation sites (tertiary alicyclic amines) is 1. The average molecular weight is 458 g/mol. The Balaban J connectivity index is 1.39. The summed E-state index contributed by atoms with van der Waals surface area (Å²) in [5.41, 5.74) is 5.03. The fraction of sp³-hybridized carbons (Fsp3) is 0.407. The van der Waals surface area contributed by atoms with Gasteiger partial charge >= 0.3 is 0 Å². The Kier molecular flexibility index (Phi) is 5.91. The summed E-state index contributed by atoms with van der Waals surface area (Å²) in [5, 5.41) is 16.3. The van der Waals surface area contributed by atoms with E-state index in [2.05, 4.69) is 27.3 Å². The molecule has 6 nitrogen and oxygen atoms in total. The second-order valence-corrected chi connectivity index (χ2v) is 9.52. The lowest BCUT2D eigenvalue weighted by molar-refractivity contribution is 0.0598. The molecule has 0 spiro atoms. The average Bonchev–Trinajstić information content (AvgIpc) is 3.24. The number of nitrogens with zero attached hydrogens (tertiary/aromatic N) is 4. The molecule has 34 heavy (non-hydrogen) atoms. The van der Waals surface area contributed by atoms with E-state index in [1.54, 1.807) is 17.0 Å². The van der Waals surface area contributed by atoms with Crippen molar-refractivity contribution < 1.29 is 9.18 Å². The van der Waals surface area contributed by atoms with Crippen LogP contribution in [0.25, 0.3) is 11.4 Å². The van der Waals surface area contributed by atoms with Crippen LogP contribution in [-0.4, -0.2) is 45.2 Å². The predicted octanol–water partition coefficient (Wildman–Crippen LogP) is 5.20. The van der Waals surface area contributed by atoms with Gasteiger partial charge in [-0.1, -0.05) is 24.6 Å². The van der Waals surface area contributed by atoms with Crippen LogP contribution in [0.3, 0.4) is 0 Å². The largest absolute Gasteiger partial charge is 0.336 e. The quantitative estimate of drug-likeness (QED) is 0.584. The van der Waals surface area contributed by atoms with Crippen LogP contribution >= 0.6 is 0 Å². The topological polar surface area (TPSA) is 85.7 Å². The molecule has 5 rings (SSSR count). The number of carbonyl (C=O) groups excluding carboxylic acids is 1. The Labute approximate surface area is 198 Å². The van der Waals surface area contributed by atoms with Gasteiger partial charge in [-0.05, 0) is 73.9 Å². The molecule has 1 saturated heterocycles. The second-order valence-electron chi connectivity index (χ2n) is 9.52. The van der Waals surface area contributed by atoms with Crippen molar-refractivity contribution in [2.24, 2.45) is 0 Å². The molecular weight excluding hydrogens is 429 g/mol. The van der Waals surface area contributed by atoms with Crippen LogP contribution in [0.15, 0.2) is 36.4 Å². The number of aryl methyl sites for hydroxylation is 2. The zero-order valence-corrected chi connectivity index (χ0v) is 19.5. The molecule has 7 heteroatoms. The van der Waals surface area contributed by atoms with Crippen LogP contribution in [0.5, 0.6) is 0 Å². The van der Waals surface area contributed by atoms with Crippen LogP contribution in [0.2, 0.25) is 0 Å². The molecule has 2 unspecified atom stereocenters. The highest BCUT2D eigenvalue weighted by Crippen LogP contribution is 2.42. The molecule has 2 heterocycles. The number of halogens is 1. The molecule has 0 radical (unpaired) electrons. The van der Waals surface area contributed by atoms with E-state index in [1.807, 2.05) is 32.0 Å². The van der Waals surface area contributed by atoms with E-state index < -0.39 is 6.17 Å². The van der Waals surface area contributed by atoms with Gasteiger partial charge in [0.1, 0.15) is 12.0 Å². The highest BCUT2D eigenvalue weighted by atomic mass is 19.1.